The summed E-state index contributed by atoms with van der Waals surface area (Å²) in [5, 5.41) is 6.29. The number of anilines is 1. The van der Waals surface area contributed by atoms with Gasteiger partial charge in [-0.1, -0.05) is 0 Å². The standard InChI is InChI=1S/C24H26F4N4O/c25-16-8-15(9-17(26)10-16)19-12-29-13-20(22(33)31-18-2-4-24(27,28)11-18)21(19)32-7-5-23(14-32)3-1-6-30-23/h8-10,12-13,18,30H,1-7,11,14H2,(H,31,33)/t18-,23?/m0/s1. The fourth-order valence-electron chi connectivity index (χ4n) is 5.50. The highest BCUT2D eigenvalue weighted by Gasteiger charge is 2.43. The average Bonchev–Trinajstić information content (AvgIpc) is 3.48. The highest BCUT2D eigenvalue weighted by Crippen LogP contribution is 2.40. The summed E-state index contributed by atoms with van der Waals surface area (Å²) in [5.74, 6) is -4.74. The first-order chi connectivity index (χ1) is 15.7. The second kappa shape index (κ2) is 8.27. The van der Waals surface area contributed by atoms with E-state index in [4.69, 9.17) is 0 Å². The Balaban J connectivity index is 1.53. The van der Waals surface area contributed by atoms with Crippen LogP contribution in [0.5, 0.6) is 0 Å². The topological polar surface area (TPSA) is 57.3 Å². The molecule has 1 spiro atoms. The van der Waals surface area contributed by atoms with Crippen LogP contribution in [0.15, 0.2) is 30.6 Å². The molecule has 1 aromatic heterocycles. The van der Waals surface area contributed by atoms with E-state index in [-0.39, 0.29) is 29.5 Å². The molecule has 1 aliphatic carbocycles. The molecule has 5 rings (SSSR count). The van der Waals surface area contributed by atoms with Gasteiger partial charge in [0.15, 0.2) is 0 Å². The highest BCUT2D eigenvalue weighted by atomic mass is 19.3. The van der Waals surface area contributed by atoms with E-state index in [0.717, 1.165) is 31.9 Å². The van der Waals surface area contributed by atoms with Crippen molar-refractivity contribution in [3.63, 3.8) is 0 Å². The summed E-state index contributed by atoms with van der Waals surface area (Å²) in [7, 11) is 0. The zero-order chi connectivity index (χ0) is 23.2. The van der Waals surface area contributed by atoms with Gasteiger partial charge in [0.1, 0.15) is 11.6 Å². The molecule has 2 aliphatic heterocycles. The number of carbonyl (C=O) groups is 1. The van der Waals surface area contributed by atoms with Gasteiger partial charge in [0.2, 0.25) is 5.92 Å². The SMILES string of the molecule is O=C(N[C@H]1CCC(F)(F)C1)c1cncc(-c2cc(F)cc(F)c2)c1N1CCC2(CCCN2)C1. The van der Waals surface area contributed by atoms with Gasteiger partial charge in [0.05, 0.1) is 11.3 Å². The van der Waals surface area contributed by atoms with Crippen LogP contribution in [0.25, 0.3) is 11.1 Å². The molecule has 2 atom stereocenters. The van der Waals surface area contributed by atoms with E-state index in [0.29, 0.717) is 24.3 Å². The lowest BCUT2D eigenvalue weighted by molar-refractivity contribution is 0.00711. The lowest BCUT2D eigenvalue weighted by Gasteiger charge is -2.28. The van der Waals surface area contributed by atoms with Gasteiger partial charge in [0, 0.05) is 61.5 Å². The van der Waals surface area contributed by atoms with Crippen molar-refractivity contribution in [1.82, 2.24) is 15.6 Å². The Bertz CT molecular complexity index is 1050. The smallest absolute Gasteiger partial charge is 0.255 e. The molecule has 2 N–H and O–H groups in total. The third-order valence-electron chi connectivity index (χ3n) is 7.08. The van der Waals surface area contributed by atoms with Crippen LogP contribution >= 0.6 is 0 Å². The number of carbonyl (C=O) groups excluding carboxylic acids is 1. The van der Waals surface area contributed by atoms with Gasteiger partial charge in [-0.05, 0) is 49.9 Å². The summed E-state index contributed by atoms with van der Waals surface area (Å²) in [6, 6.07) is 2.59. The first-order valence-electron chi connectivity index (χ1n) is 11.4. The van der Waals surface area contributed by atoms with E-state index < -0.39 is 35.9 Å². The Labute approximate surface area is 189 Å². The first kappa shape index (κ1) is 22.1. The number of benzene rings is 1. The number of halogens is 4. The van der Waals surface area contributed by atoms with Crippen molar-refractivity contribution >= 4 is 11.6 Å². The second-order valence-electron chi connectivity index (χ2n) is 9.49. The van der Waals surface area contributed by atoms with Crippen LogP contribution < -0.4 is 15.5 Å². The average molecular weight is 462 g/mol. The monoisotopic (exact) mass is 462 g/mol. The molecule has 2 saturated heterocycles. The maximum Gasteiger partial charge on any atom is 0.255 e. The fourth-order valence-corrected chi connectivity index (χ4v) is 5.50. The predicted molar refractivity (Wildman–Crippen MR) is 116 cm³/mol. The summed E-state index contributed by atoms with van der Waals surface area (Å²) in [6.07, 6.45) is 5.40. The Morgan fingerprint density at radius 2 is 1.91 bits per heavy atom. The summed E-state index contributed by atoms with van der Waals surface area (Å²) >= 11 is 0. The maximum absolute atomic E-state index is 14.0. The molecule has 1 aromatic carbocycles. The van der Waals surface area contributed by atoms with Crippen LogP contribution in [-0.4, -0.2) is 48.0 Å². The Morgan fingerprint density at radius 3 is 2.58 bits per heavy atom. The van der Waals surface area contributed by atoms with Crippen LogP contribution in [0.3, 0.4) is 0 Å². The Morgan fingerprint density at radius 1 is 1.12 bits per heavy atom. The summed E-state index contributed by atoms with van der Waals surface area (Å²) < 4.78 is 55.4. The molecule has 0 bridgehead atoms. The van der Waals surface area contributed by atoms with E-state index in [2.05, 4.69) is 20.5 Å². The molecule has 3 heterocycles. The lowest BCUT2D eigenvalue weighted by atomic mass is 9.96. The van der Waals surface area contributed by atoms with Crippen LogP contribution in [0, 0.1) is 11.6 Å². The number of aromatic nitrogens is 1. The highest BCUT2D eigenvalue weighted by molar-refractivity contribution is 6.03. The largest absolute Gasteiger partial charge is 0.368 e. The molecule has 2 aromatic rings. The van der Waals surface area contributed by atoms with E-state index in [9.17, 15) is 22.4 Å². The minimum atomic E-state index is -2.78. The van der Waals surface area contributed by atoms with Crippen molar-refractivity contribution in [3.8, 4) is 11.1 Å². The van der Waals surface area contributed by atoms with Gasteiger partial charge in [-0.2, -0.15) is 0 Å². The van der Waals surface area contributed by atoms with Crippen LogP contribution in [0.2, 0.25) is 0 Å². The number of rotatable bonds is 4. The first-order valence-corrected chi connectivity index (χ1v) is 11.4. The number of hydrogen-bond donors (Lipinski definition) is 2. The maximum atomic E-state index is 14.0. The number of alkyl halides is 2. The normalized spacial score (nSPS) is 26.3. The minimum Gasteiger partial charge on any atom is -0.368 e. The molecule has 1 unspecified atom stereocenters. The van der Waals surface area contributed by atoms with Crippen molar-refractivity contribution in [1.29, 1.82) is 0 Å². The summed E-state index contributed by atoms with van der Waals surface area (Å²) in [6.45, 7) is 2.22. The van der Waals surface area contributed by atoms with Gasteiger partial charge in [-0.3, -0.25) is 9.78 Å². The van der Waals surface area contributed by atoms with Crippen LogP contribution in [-0.2, 0) is 0 Å². The number of nitrogens with zero attached hydrogens (tertiary/aromatic N) is 2. The van der Waals surface area contributed by atoms with Crippen LogP contribution in [0.1, 0.15) is 48.9 Å². The molecule has 5 nitrogen and oxygen atoms in total. The van der Waals surface area contributed by atoms with Crippen molar-refractivity contribution in [2.45, 2.75) is 56.0 Å². The molecule has 9 heteroatoms. The molecule has 176 valence electrons. The lowest BCUT2D eigenvalue weighted by Crippen LogP contribution is -2.43. The molecule has 1 saturated carbocycles. The zero-order valence-corrected chi connectivity index (χ0v) is 18.1. The van der Waals surface area contributed by atoms with E-state index >= 15 is 0 Å². The van der Waals surface area contributed by atoms with Crippen molar-refractivity contribution in [2.24, 2.45) is 0 Å². The minimum absolute atomic E-state index is 0.0605. The van der Waals surface area contributed by atoms with E-state index in [1.807, 2.05) is 0 Å². The Kier molecular flexibility index (Phi) is 5.55. The van der Waals surface area contributed by atoms with Crippen molar-refractivity contribution in [3.05, 3.63) is 47.8 Å². The van der Waals surface area contributed by atoms with Crippen molar-refractivity contribution < 1.29 is 22.4 Å². The molecule has 0 radical (unpaired) electrons. The third-order valence-corrected chi connectivity index (χ3v) is 7.08. The molecular weight excluding hydrogens is 436 g/mol. The summed E-state index contributed by atoms with van der Waals surface area (Å²) in [5.41, 5.74) is 1.41. The van der Waals surface area contributed by atoms with Gasteiger partial charge >= 0.3 is 0 Å². The van der Waals surface area contributed by atoms with Crippen LogP contribution in [0.4, 0.5) is 23.2 Å². The van der Waals surface area contributed by atoms with E-state index in [1.54, 1.807) is 0 Å². The number of nitrogens with one attached hydrogen (secondary N) is 2. The third kappa shape index (κ3) is 4.43. The van der Waals surface area contributed by atoms with Gasteiger partial charge in [-0.15, -0.1) is 0 Å². The summed E-state index contributed by atoms with van der Waals surface area (Å²) in [4.78, 5) is 19.5. The molecule has 33 heavy (non-hydrogen) atoms. The van der Waals surface area contributed by atoms with Gasteiger partial charge < -0.3 is 15.5 Å². The number of pyridine rings is 1. The second-order valence-corrected chi connectivity index (χ2v) is 9.49. The van der Waals surface area contributed by atoms with Crippen molar-refractivity contribution in [2.75, 3.05) is 24.5 Å². The predicted octanol–water partition coefficient (Wildman–Crippen LogP) is 4.28. The number of hydrogen-bond acceptors (Lipinski definition) is 4. The molecule has 1 amide bonds. The Hall–Kier alpha value is -2.68. The molecule has 3 fully saturated rings. The molecular formula is C24H26F4N4O. The fraction of sp³-hybridized carbons (Fsp3) is 0.500. The zero-order valence-electron chi connectivity index (χ0n) is 18.1. The quantitative estimate of drug-likeness (QED) is 0.667. The van der Waals surface area contributed by atoms with Gasteiger partial charge in [-0.25, -0.2) is 17.6 Å². The van der Waals surface area contributed by atoms with E-state index in [1.165, 1.54) is 24.5 Å². The van der Waals surface area contributed by atoms with Gasteiger partial charge in [0.25, 0.3) is 5.91 Å². The number of amides is 1. The molecule has 3 aliphatic rings.